The zero-order valence-corrected chi connectivity index (χ0v) is 13.4. The predicted octanol–water partition coefficient (Wildman–Crippen LogP) is 3.78. The van der Waals surface area contributed by atoms with Crippen LogP contribution < -0.4 is 5.73 Å². The Kier molecular flexibility index (Phi) is 6.12. The lowest BCUT2D eigenvalue weighted by Gasteiger charge is -2.44. The largest absolute Gasteiger partial charge is 0.326 e. The number of thiophene rings is 1. The van der Waals surface area contributed by atoms with Crippen molar-refractivity contribution in [1.82, 2.24) is 4.90 Å². The van der Waals surface area contributed by atoms with Crippen LogP contribution in [-0.4, -0.2) is 29.6 Å². The van der Waals surface area contributed by atoms with Gasteiger partial charge in [-0.15, -0.1) is 11.3 Å². The van der Waals surface area contributed by atoms with Gasteiger partial charge in [0.25, 0.3) is 0 Å². The highest BCUT2D eigenvalue weighted by molar-refractivity contribution is 7.16. The fourth-order valence-electron chi connectivity index (χ4n) is 2.56. The van der Waals surface area contributed by atoms with E-state index >= 15 is 0 Å². The Labute approximate surface area is 120 Å². The van der Waals surface area contributed by atoms with E-state index < -0.39 is 0 Å². The molecule has 4 heteroatoms. The lowest BCUT2D eigenvalue weighted by atomic mass is 9.85. The number of hydrogen-bond donors (Lipinski definition) is 1. The van der Waals surface area contributed by atoms with Crippen molar-refractivity contribution in [3.8, 4) is 0 Å². The van der Waals surface area contributed by atoms with Gasteiger partial charge in [-0.2, -0.15) is 0 Å². The Morgan fingerprint density at radius 1 is 1.33 bits per heavy atom. The van der Waals surface area contributed by atoms with Gasteiger partial charge in [0.05, 0.1) is 4.34 Å². The van der Waals surface area contributed by atoms with Crippen molar-refractivity contribution < 1.29 is 0 Å². The smallest absolute Gasteiger partial charge is 0.0931 e. The van der Waals surface area contributed by atoms with Gasteiger partial charge in [-0.3, -0.25) is 4.90 Å². The molecule has 0 spiro atoms. The van der Waals surface area contributed by atoms with Crippen LogP contribution in [0.3, 0.4) is 0 Å². The van der Waals surface area contributed by atoms with E-state index in [2.05, 4.69) is 38.7 Å². The van der Waals surface area contributed by atoms with Crippen molar-refractivity contribution in [2.75, 3.05) is 13.1 Å². The van der Waals surface area contributed by atoms with Crippen LogP contribution in [0.5, 0.6) is 0 Å². The quantitative estimate of drug-likeness (QED) is 0.827. The fourth-order valence-corrected chi connectivity index (χ4v) is 3.71. The van der Waals surface area contributed by atoms with Gasteiger partial charge in [0, 0.05) is 16.5 Å². The van der Waals surface area contributed by atoms with Crippen molar-refractivity contribution >= 4 is 22.9 Å². The zero-order chi connectivity index (χ0) is 13.8. The standard InChI is InChI=1S/C14H25ClN2S/c1-5-14(4,17(6-2)7-3)12(16)10-11-8-9-13(15)18-11/h8-9,12H,5-7,10,16H2,1-4H3. The molecule has 0 saturated heterocycles. The first kappa shape index (κ1) is 16.0. The molecular formula is C14H25ClN2S. The molecule has 0 amide bonds. The highest BCUT2D eigenvalue weighted by atomic mass is 35.5. The summed E-state index contributed by atoms with van der Waals surface area (Å²) >= 11 is 7.61. The molecule has 1 aromatic rings. The second-order valence-corrected chi connectivity index (χ2v) is 6.70. The monoisotopic (exact) mass is 288 g/mol. The Morgan fingerprint density at radius 2 is 1.94 bits per heavy atom. The minimum Gasteiger partial charge on any atom is -0.326 e. The van der Waals surface area contributed by atoms with E-state index in [9.17, 15) is 0 Å². The van der Waals surface area contributed by atoms with E-state index in [1.54, 1.807) is 11.3 Å². The molecule has 2 N–H and O–H groups in total. The summed E-state index contributed by atoms with van der Waals surface area (Å²) in [6, 6.07) is 4.18. The van der Waals surface area contributed by atoms with Crippen molar-refractivity contribution in [3.05, 3.63) is 21.3 Å². The summed E-state index contributed by atoms with van der Waals surface area (Å²) in [6.07, 6.45) is 1.97. The molecule has 18 heavy (non-hydrogen) atoms. The summed E-state index contributed by atoms with van der Waals surface area (Å²) in [6.45, 7) is 11.0. The van der Waals surface area contributed by atoms with E-state index in [-0.39, 0.29) is 11.6 Å². The molecule has 1 heterocycles. The molecule has 0 saturated carbocycles. The molecule has 0 aliphatic carbocycles. The van der Waals surface area contributed by atoms with Crippen LogP contribution in [0.15, 0.2) is 12.1 Å². The van der Waals surface area contributed by atoms with Gasteiger partial charge in [0.2, 0.25) is 0 Å². The molecule has 0 aromatic carbocycles. The molecule has 2 atom stereocenters. The fraction of sp³-hybridized carbons (Fsp3) is 0.714. The van der Waals surface area contributed by atoms with E-state index in [0.29, 0.717) is 0 Å². The summed E-state index contributed by atoms with van der Waals surface area (Å²) in [4.78, 5) is 3.74. The van der Waals surface area contributed by atoms with E-state index in [0.717, 1.165) is 30.3 Å². The van der Waals surface area contributed by atoms with Crippen LogP contribution in [0.1, 0.15) is 39.0 Å². The number of rotatable bonds is 7. The van der Waals surface area contributed by atoms with Crippen LogP contribution in [0.4, 0.5) is 0 Å². The average Bonchev–Trinajstić information content (AvgIpc) is 2.75. The van der Waals surface area contributed by atoms with Crippen molar-refractivity contribution in [1.29, 1.82) is 0 Å². The van der Waals surface area contributed by atoms with Gasteiger partial charge < -0.3 is 5.73 Å². The minimum atomic E-state index is 0.0555. The van der Waals surface area contributed by atoms with E-state index in [1.807, 2.05) is 6.07 Å². The molecular weight excluding hydrogens is 264 g/mol. The van der Waals surface area contributed by atoms with Gasteiger partial charge in [-0.25, -0.2) is 0 Å². The first-order chi connectivity index (χ1) is 8.47. The first-order valence-corrected chi connectivity index (χ1v) is 7.92. The summed E-state index contributed by atoms with van der Waals surface area (Å²) in [5.41, 5.74) is 6.53. The topological polar surface area (TPSA) is 29.3 Å². The number of hydrogen-bond acceptors (Lipinski definition) is 3. The third-order valence-electron chi connectivity index (χ3n) is 4.05. The molecule has 0 fully saturated rings. The summed E-state index contributed by atoms with van der Waals surface area (Å²) in [5.74, 6) is 0. The minimum absolute atomic E-state index is 0.0555. The summed E-state index contributed by atoms with van der Waals surface area (Å²) < 4.78 is 0.846. The predicted molar refractivity (Wildman–Crippen MR) is 82.6 cm³/mol. The van der Waals surface area contributed by atoms with Gasteiger partial charge in [0.15, 0.2) is 0 Å². The highest BCUT2D eigenvalue weighted by Gasteiger charge is 2.34. The molecule has 1 rings (SSSR count). The van der Waals surface area contributed by atoms with Gasteiger partial charge in [0.1, 0.15) is 0 Å². The Balaban J connectivity index is 2.80. The van der Waals surface area contributed by atoms with Gasteiger partial charge >= 0.3 is 0 Å². The van der Waals surface area contributed by atoms with Gasteiger partial charge in [-0.1, -0.05) is 32.4 Å². The Morgan fingerprint density at radius 3 is 2.33 bits per heavy atom. The number of nitrogens with zero attached hydrogens (tertiary/aromatic N) is 1. The lowest BCUT2D eigenvalue weighted by molar-refractivity contribution is 0.0848. The zero-order valence-electron chi connectivity index (χ0n) is 11.9. The molecule has 0 bridgehead atoms. The van der Waals surface area contributed by atoms with Crippen LogP contribution in [0, 0.1) is 0 Å². The molecule has 104 valence electrons. The number of likely N-dealkylation sites (N-methyl/N-ethyl adjacent to an activating group) is 1. The normalized spacial score (nSPS) is 16.8. The number of nitrogens with two attached hydrogens (primary N) is 1. The Hall–Kier alpha value is -0.0900. The van der Waals surface area contributed by atoms with Crippen molar-refractivity contribution in [2.45, 2.75) is 52.1 Å². The van der Waals surface area contributed by atoms with Crippen LogP contribution >= 0.6 is 22.9 Å². The van der Waals surface area contributed by atoms with E-state index in [4.69, 9.17) is 17.3 Å². The van der Waals surface area contributed by atoms with Crippen LogP contribution in [-0.2, 0) is 6.42 Å². The SMILES string of the molecule is CCN(CC)C(C)(CC)C(N)Cc1ccc(Cl)s1. The maximum Gasteiger partial charge on any atom is 0.0931 e. The second-order valence-electron chi connectivity index (χ2n) is 4.90. The third-order valence-corrected chi connectivity index (χ3v) is 5.30. The molecule has 1 aromatic heterocycles. The highest BCUT2D eigenvalue weighted by Crippen LogP contribution is 2.28. The molecule has 0 aliphatic rings. The van der Waals surface area contributed by atoms with E-state index in [1.165, 1.54) is 4.88 Å². The number of halogens is 1. The Bertz CT molecular complexity index is 362. The molecule has 2 unspecified atom stereocenters. The van der Waals surface area contributed by atoms with Crippen molar-refractivity contribution in [3.63, 3.8) is 0 Å². The van der Waals surface area contributed by atoms with Crippen molar-refractivity contribution in [2.24, 2.45) is 5.73 Å². The third kappa shape index (κ3) is 3.47. The second kappa shape index (κ2) is 6.90. The molecule has 0 aliphatic heterocycles. The summed E-state index contributed by atoms with van der Waals surface area (Å²) in [7, 11) is 0. The van der Waals surface area contributed by atoms with Crippen LogP contribution in [0.25, 0.3) is 0 Å². The molecule has 2 nitrogen and oxygen atoms in total. The lowest BCUT2D eigenvalue weighted by Crippen LogP contribution is -2.58. The maximum absolute atomic E-state index is 6.48. The summed E-state index contributed by atoms with van der Waals surface area (Å²) in [5, 5.41) is 0. The maximum atomic E-state index is 6.48. The van der Waals surface area contributed by atoms with Gasteiger partial charge in [-0.05, 0) is 45.0 Å². The molecule has 0 radical (unpaired) electrons. The average molecular weight is 289 g/mol. The van der Waals surface area contributed by atoms with Crippen LogP contribution in [0.2, 0.25) is 4.34 Å². The first-order valence-electron chi connectivity index (χ1n) is 6.72.